The van der Waals surface area contributed by atoms with E-state index in [0.29, 0.717) is 5.92 Å². The summed E-state index contributed by atoms with van der Waals surface area (Å²) in [4.78, 5) is 16.3. The number of carbonyl (C=O) groups excluding carboxylic acids is 1. The molecule has 0 radical (unpaired) electrons. The van der Waals surface area contributed by atoms with Crippen molar-refractivity contribution < 1.29 is 9.53 Å². The topological polar surface area (TPSA) is 56.6 Å². The number of likely N-dealkylation sites (tertiary alicyclic amines) is 1. The van der Waals surface area contributed by atoms with Crippen LogP contribution in [-0.2, 0) is 9.53 Å². The monoisotopic (exact) mass is 251 g/mol. The van der Waals surface area contributed by atoms with Gasteiger partial charge in [-0.2, -0.15) is 5.26 Å². The molecule has 0 spiro atoms. The van der Waals surface area contributed by atoms with Crippen LogP contribution in [0.15, 0.2) is 0 Å². The second-order valence-corrected chi connectivity index (χ2v) is 5.62. The van der Waals surface area contributed by atoms with Gasteiger partial charge in [-0.15, -0.1) is 0 Å². The summed E-state index contributed by atoms with van der Waals surface area (Å²) in [6, 6.07) is 2.12. The first-order valence-electron chi connectivity index (χ1n) is 6.50. The Kier molecular flexibility index (Phi) is 3.88. The summed E-state index contributed by atoms with van der Waals surface area (Å²) in [5.74, 6) is 0.488. The van der Waals surface area contributed by atoms with Gasteiger partial charge in [0, 0.05) is 13.6 Å². The van der Waals surface area contributed by atoms with Crippen molar-refractivity contribution in [1.29, 1.82) is 5.26 Å². The van der Waals surface area contributed by atoms with Crippen molar-refractivity contribution >= 4 is 5.91 Å². The van der Waals surface area contributed by atoms with Crippen LogP contribution in [0.5, 0.6) is 0 Å². The van der Waals surface area contributed by atoms with Crippen molar-refractivity contribution in [3.05, 3.63) is 0 Å². The van der Waals surface area contributed by atoms with Gasteiger partial charge in [-0.05, 0) is 38.9 Å². The average Bonchev–Trinajstić information content (AvgIpc) is 2.31. The Hall–Kier alpha value is -1.12. The molecule has 2 heterocycles. The molecule has 0 saturated carbocycles. The van der Waals surface area contributed by atoms with Crippen LogP contribution in [0.4, 0.5) is 0 Å². The van der Waals surface area contributed by atoms with E-state index >= 15 is 0 Å². The largest absolute Gasteiger partial charge is 0.377 e. The van der Waals surface area contributed by atoms with E-state index in [0.717, 1.165) is 32.5 Å². The van der Waals surface area contributed by atoms with Crippen molar-refractivity contribution in [1.82, 2.24) is 9.80 Å². The lowest BCUT2D eigenvalue weighted by Crippen LogP contribution is -2.54. The standard InChI is InChI=1S/C13H21N3O2/c1-15-5-3-11(4-6-15)7-16(2)12(17)13(8-14)9-18-10-13/h11H,3-7,9-10H2,1-2H3. The van der Waals surface area contributed by atoms with Gasteiger partial charge in [0.2, 0.25) is 5.91 Å². The van der Waals surface area contributed by atoms with Crippen LogP contribution in [0.1, 0.15) is 12.8 Å². The molecule has 0 aromatic rings. The highest BCUT2D eigenvalue weighted by Crippen LogP contribution is 2.29. The smallest absolute Gasteiger partial charge is 0.247 e. The molecule has 0 aromatic heterocycles. The highest BCUT2D eigenvalue weighted by atomic mass is 16.5. The molecule has 0 aliphatic carbocycles. The number of amides is 1. The summed E-state index contributed by atoms with van der Waals surface area (Å²) in [7, 11) is 3.93. The van der Waals surface area contributed by atoms with E-state index in [9.17, 15) is 4.79 Å². The molecule has 2 aliphatic rings. The normalized spacial score (nSPS) is 24.1. The molecular weight excluding hydrogens is 230 g/mol. The third-order valence-corrected chi connectivity index (χ3v) is 4.04. The molecule has 0 N–H and O–H groups in total. The fourth-order valence-corrected chi connectivity index (χ4v) is 2.62. The number of hydrogen-bond donors (Lipinski definition) is 0. The van der Waals surface area contributed by atoms with E-state index in [1.54, 1.807) is 11.9 Å². The number of nitriles is 1. The third kappa shape index (κ3) is 2.50. The Morgan fingerprint density at radius 2 is 2.11 bits per heavy atom. The lowest BCUT2D eigenvalue weighted by molar-refractivity contribution is -0.160. The van der Waals surface area contributed by atoms with Gasteiger partial charge in [-0.1, -0.05) is 0 Å². The highest BCUT2D eigenvalue weighted by molar-refractivity contribution is 5.86. The number of nitrogens with zero attached hydrogens (tertiary/aromatic N) is 3. The lowest BCUT2D eigenvalue weighted by atomic mass is 9.85. The van der Waals surface area contributed by atoms with E-state index in [1.165, 1.54) is 0 Å². The van der Waals surface area contributed by atoms with Crippen LogP contribution in [0.2, 0.25) is 0 Å². The minimum Gasteiger partial charge on any atom is -0.377 e. The van der Waals surface area contributed by atoms with Crippen LogP contribution in [0.3, 0.4) is 0 Å². The molecule has 2 rings (SSSR count). The van der Waals surface area contributed by atoms with Crippen molar-refractivity contribution in [2.75, 3.05) is 46.9 Å². The Bertz CT molecular complexity index is 352. The number of ether oxygens (including phenoxy) is 1. The van der Waals surface area contributed by atoms with Gasteiger partial charge in [0.25, 0.3) is 0 Å². The Labute approximate surface area is 108 Å². The Morgan fingerprint density at radius 3 is 2.56 bits per heavy atom. The number of rotatable bonds is 3. The van der Waals surface area contributed by atoms with Crippen LogP contribution < -0.4 is 0 Å². The molecule has 0 aromatic carbocycles. The Balaban J connectivity index is 1.86. The maximum atomic E-state index is 12.2. The second kappa shape index (κ2) is 5.25. The summed E-state index contributed by atoms with van der Waals surface area (Å²) in [5.41, 5.74) is -0.903. The summed E-state index contributed by atoms with van der Waals surface area (Å²) in [6.07, 6.45) is 2.26. The summed E-state index contributed by atoms with van der Waals surface area (Å²) >= 11 is 0. The first kappa shape index (κ1) is 13.3. The molecule has 5 nitrogen and oxygen atoms in total. The zero-order valence-electron chi connectivity index (χ0n) is 11.2. The van der Waals surface area contributed by atoms with Gasteiger partial charge in [-0.3, -0.25) is 4.79 Å². The highest BCUT2D eigenvalue weighted by Gasteiger charge is 2.48. The zero-order chi connectivity index (χ0) is 13.2. The first-order chi connectivity index (χ1) is 8.57. The van der Waals surface area contributed by atoms with Crippen LogP contribution >= 0.6 is 0 Å². The second-order valence-electron chi connectivity index (χ2n) is 5.62. The van der Waals surface area contributed by atoms with E-state index in [2.05, 4.69) is 18.0 Å². The van der Waals surface area contributed by atoms with Crippen molar-refractivity contribution in [2.24, 2.45) is 11.3 Å². The lowest BCUT2D eigenvalue weighted by Gasteiger charge is -2.38. The van der Waals surface area contributed by atoms with Gasteiger partial charge >= 0.3 is 0 Å². The molecule has 0 bridgehead atoms. The maximum Gasteiger partial charge on any atom is 0.247 e. The minimum atomic E-state index is -0.903. The van der Waals surface area contributed by atoms with Crippen molar-refractivity contribution in [3.8, 4) is 6.07 Å². The van der Waals surface area contributed by atoms with Crippen LogP contribution in [0, 0.1) is 22.7 Å². The molecule has 2 saturated heterocycles. The van der Waals surface area contributed by atoms with Gasteiger partial charge in [0.15, 0.2) is 5.41 Å². The van der Waals surface area contributed by atoms with Gasteiger partial charge < -0.3 is 14.5 Å². The van der Waals surface area contributed by atoms with Crippen LogP contribution in [-0.4, -0.2) is 62.7 Å². The van der Waals surface area contributed by atoms with E-state index in [4.69, 9.17) is 10.00 Å². The molecule has 2 aliphatic heterocycles. The van der Waals surface area contributed by atoms with Crippen molar-refractivity contribution in [3.63, 3.8) is 0 Å². The Morgan fingerprint density at radius 1 is 1.50 bits per heavy atom. The number of carbonyl (C=O) groups is 1. The van der Waals surface area contributed by atoms with Crippen LogP contribution in [0.25, 0.3) is 0 Å². The fourth-order valence-electron chi connectivity index (χ4n) is 2.62. The summed E-state index contributed by atoms with van der Waals surface area (Å²) < 4.78 is 5.03. The molecule has 0 unspecified atom stereocenters. The zero-order valence-corrected chi connectivity index (χ0v) is 11.2. The molecule has 100 valence electrons. The molecule has 5 heteroatoms. The minimum absolute atomic E-state index is 0.0739. The van der Waals surface area contributed by atoms with E-state index in [-0.39, 0.29) is 19.1 Å². The van der Waals surface area contributed by atoms with Gasteiger partial charge in [0.1, 0.15) is 0 Å². The van der Waals surface area contributed by atoms with E-state index in [1.807, 2.05) is 0 Å². The third-order valence-electron chi connectivity index (χ3n) is 4.04. The molecule has 18 heavy (non-hydrogen) atoms. The van der Waals surface area contributed by atoms with Gasteiger partial charge in [-0.25, -0.2) is 0 Å². The predicted octanol–water partition coefficient (Wildman–Crippen LogP) is 0.327. The van der Waals surface area contributed by atoms with Gasteiger partial charge in [0.05, 0.1) is 19.3 Å². The summed E-state index contributed by atoms with van der Waals surface area (Å²) in [6.45, 7) is 3.45. The van der Waals surface area contributed by atoms with E-state index < -0.39 is 5.41 Å². The molecule has 0 atom stereocenters. The molecular formula is C13H21N3O2. The molecule has 1 amide bonds. The number of hydrogen-bond acceptors (Lipinski definition) is 4. The average molecular weight is 251 g/mol. The predicted molar refractivity (Wildman–Crippen MR) is 66.7 cm³/mol. The maximum absolute atomic E-state index is 12.2. The summed E-state index contributed by atoms with van der Waals surface area (Å²) in [5, 5.41) is 9.11. The molecule has 2 fully saturated rings. The number of piperidine rings is 1. The fraction of sp³-hybridized carbons (Fsp3) is 0.846. The SMILES string of the molecule is CN1CCC(CN(C)C(=O)C2(C#N)COC2)CC1. The quantitative estimate of drug-likeness (QED) is 0.725. The van der Waals surface area contributed by atoms with Crippen molar-refractivity contribution in [2.45, 2.75) is 12.8 Å². The first-order valence-corrected chi connectivity index (χ1v) is 6.50.